The molecule has 0 radical (unpaired) electrons. The number of hydrogen-bond donors (Lipinski definition) is 0. The largest absolute Gasteiger partial charge is 0.204 e. The smallest absolute Gasteiger partial charge is 0.159 e. The fourth-order valence-corrected chi connectivity index (χ4v) is 5.51. The molecular weight excluding hydrogens is 338 g/mol. The van der Waals surface area contributed by atoms with E-state index >= 15 is 0 Å². The van der Waals surface area contributed by atoms with Gasteiger partial charge in [0.15, 0.2) is 11.6 Å². The lowest BCUT2D eigenvalue weighted by Crippen LogP contribution is -2.26. The molecule has 27 heavy (non-hydrogen) atoms. The molecule has 0 aromatic heterocycles. The van der Waals surface area contributed by atoms with Crippen molar-refractivity contribution in [3.05, 3.63) is 48.1 Å². The van der Waals surface area contributed by atoms with Crippen LogP contribution in [-0.4, -0.2) is 0 Å². The minimum atomic E-state index is -0.741. The van der Waals surface area contributed by atoms with Gasteiger partial charge < -0.3 is 0 Å². The van der Waals surface area contributed by atoms with Crippen LogP contribution in [0.15, 0.2) is 30.9 Å². The van der Waals surface area contributed by atoms with Crippen LogP contribution in [-0.2, 0) is 6.42 Å². The third-order valence-corrected chi connectivity index (χ3v) is 7.30. The molecule has 0 saturated heterocycles. The summed E-state index contributed by atoms with van der Waals surface area (Å²) < 4.78 is 26.4. The van der Waals surface area contributed by atoms with E-state index in [1.165, 1.54) is 82.8 Å². The van der Waals surface area contributed by atoms with Crippen LogP contribution in [0.1, 0.15) is 82.6 Å². The van der Waals surface area contributed by atoms with Crippen molar-refractivity contribution in [3.63, 3.8) is 0 Å². The van der Waals surface area contributed by atoms with Gasteiger partial charge in [0.2, 0.25) is 0 Å². The molecule has 0 heterocycles. The molecule has 0 nitrogen and oxygen atoms in total. The van der Waals surface area contributed by atoms with E-state index in [4.69, 9.17) is 0 Å². The fourth-order valence-electron chi connectivity index (χ4n) is 5.51. The van der Waals surface area contributed by atoms with E-state index in [1.807, 2.05) is 0 Å². The van der Waals surface area contributed by atoms with Gasteiger partial charge in [-0.1, -0.05) is 44.2 Å². The maximum atomic E-state index is 13.3. The van der Waals surface area contributed by atoms with Crippen molar-refractivity contribution in [2.24, 2.45) is 23.7 Å². The molecule has 2 saturated carbocycles. The Bertz CT molecular complexity index is 578. The van der Waals surface area contributed by atoms with Gasteiger partial charge in [-0.15, -0.1) is 6.58 Å². The van der Waals surface area contributed by atoms with E-state index < -0.39 is 11.6 Å². The number of allylic oxidation sites excluding steroid dienone is 1. The Morgan fingerprint density at radius 1 is 0.815 bits per heavy atom. The van der Waals surface area contributed by atoms with Gasteiger partial charge in [-0.25, -0.2) is 8.78 Å². The monoisotopic (exact) mass is 374 g/mol. The van der Waals surface area contributed by atoms with Gasteiger partial charge in [-0.3, -0.25) is 0 Å². The third kappa shape index (κ3) is 6.16. The molecule has 1 aromatic rings. The van der Waals surface area contributed by atoms with Gasteiger partial charge in [0, 0.05) is 0 Å². The van der Waals surface area contributed by atoms with E-state index in [-0.39, 0.29) is 0 Å². The number of hydrogen-bond acceptors (Lipinski definition) is 0. The van der Waals surface area contributed by atoms with E-state index in [2.05, 4.69) is 12.7 Å². The summed E-state index contributed by atoms with van der Waals surface area (Å²) in [6.45, 7) is 3.83. The first-order valence-corrected chi connectivity index (χ1v) is 11.2. The van der Waals surface area contributed by atoms with Gasteiger partial charge in [-0.05, 0) is 92.7 Å². The Morgan fingerprint density at radius 3 is 1.96 bits per heavy atom. The molecule has 0 N–H and O–H groups in total. The van der Waals surface area contributed by atoms with E-state index in [9.17, 15) is 8.78 Å². The van der Waals surface area contributed by atoms with Crippen LogP contribution in [0, 0.1) is 35.3 Å². The molecule has 0 unspecified atom stereocenters. The minimum Gasteiger partial charge on any atom is -0.204 e. The molecule has 0 atom stereocenters. The highest BCUT2D eigenvalue weighted by Crippen LogP contribution is 2.43. The zero-order valence-corrected chi connectivity index (χ0v) is 16.8. The zero-order chi connectivity index (χ0) is 19.1. The Hall–Kier alpha value is -1.18. The third-order valence-electron chi connectivity index (χ3n) is 7.30. The van der Waals surface area contributed by atoms with Crippen LogP contribution in [0.4, 0.5) is 8.78 Å². The minimum absolute atomic E-state index is 0.712. The highest BCUT2D eigenvalue weighted by molar-refractivity contribution is 5.17. The summed E-state index contributed by atoms with van der Waals surface area (Å²) in [7, 11) is 0. The first kappa shape index (κ1) is 20.6. The number of unbranched alkanes of at least 4 members (excludes halogenated alkanes) is 1. The average molecular weight is 375 g/mol. The Balaban J connectivity index is 1.34. The van der Waals surface area contributed by atoms with Gasteiger partial charge in [0.25, 0.3) is 0 Å². The second-order valence-corrected chi connectivity index (χ2v) is 9.07. The lowest BCUT2D eigenvalue weighted by atomic mass is 9.68. The molecule has 2 heteroatoms. The van der Waals surface area contributed by atoms with E-state index in [0.29, 0.717) is 0 Å². The maximum absolute atomic E-state index is 13.3. The lowest BCUT2D eigenvalue weighted by Gasteiger charge is -2.38. The highest BCUT2D eigenvalue weighted by Gasteiger charge is 2.30. The van der Waals surface area contributed by atoms with Gasteiger partial charge >= 0.3 is 0 Å². The predicted molar refractivity (Wildman–Crippen MR) is 110 cm³/mol. The molecule has 0 aliphatic heterocycles. The average Bonchev–Trinajstić information content (AvgIpc) is 2.70. The van der Waals surface area contributed by atoms with Crippen molar-refractivity contribution in [1.82, 2.24) is 0 Å². The van der Waals surface area contributed by atoms with Crippen molar-refractivity contribution >= 4 is 0 Å². The summed E-state index contributed by atoms with van der Waals surface area (Å²) >= 11 is 0. The number of rotatable bonds is 8. The predicted octanol–water partition coefficient (Wildman–Crippen LogP) is 7.87. The molecular formula is C25H36F2. The summed E-state index contributed by atoms with van der Waals surface area (Å²) in [5.74, 6) is 2.19. The summed E-state index contributed by atoms with van der Waals surface area (Å²) in [5, 5.41) is 0. The molecule has 2 aliphatic rings. The zero-order valence-electron chi connectivity index (χ0n) is 16.8. The molecule has 2 aliphatic carbocycles. The topological polar surface area (TPSA) is 0 Å². The van der Waals surface area contributed by atoms with Gasteiger partial charge in [0.05, 0.1) is 0 Å². The lowest BCUT2D eigenvalue weighted by molar-refractivity contribution is 0.141. The number of halogens is 2. The maximum Gasteiger partial charge on any atom is 0.159 e. The Kier molecular flexibility index (Phi) is 7.91. The SMILES string of the molecule is C=CCCC[C@H]1CC[C@H](C2CCC(CCc3ccc(F)c(F)c3)CC2)CC1. The summed E-state index contributed by atoms with van der Waals surface area (Å²) in [6, 6.07) is 4.36. The Morgan fingerprint density at radius 2 is 1.41 bits per heavy atom. The number of aryl methyl sites for hydroxylation is 1. The summed E-state index contributed by atoms with van der Waals surface area (Å²) in [6.07, 6.45) is 19.1. The normalized spacial score (nSPS) is 28.8. The van der Waals surface area contributed by atoms with Crippen LogP contribution in [0.5, 0.6) is 0 Å². The highest BCUT2D eigenvalue weighted by atomic mass is 19.2. The summed E-state index contributed by atoms with van der Waals surface area (Å²) in [5.41, 5.74) is 0.936. The van der Waals surface area contributed by atoms with Gasteiger partial charge in [-0.2, -0.15) is 0 Å². The summed E-state index contributed by atoms with van der Waals surface area (Å²) in [4.78, 5) is 0. The molecule has 2 fully saturated rings. The first-order chi connectivity index (χ1) is 13.2. The molecule has 3 rings (SSSR count). The van der Waals surface area contributed by atoms with Crippen molar-refractivity contribution < 1.29 is 8.78 Å². The van der Waals surface area contributed by atoms with Gasteiger partial charge in [0.1, 0.15) is 0 Å². The Labute approximate surface area is 164 Å². The van der Waals surface area contributed by atoms with Crippen molar-refractivity contribution in [3.8, 4) is 0 Å². The molecule has 0 spiro atoms. The molecule has 1 aromatic carbocycles. The van der Waals surface area contributed by atoms with Crippen molar-refractivity contribution in [2.45, 2.75) is 83.5 Å². The second kappa shape index (κ2) is 10.4. The van der Waals surface area contributed by atoms with Crippen LogP contribution in [0.25, 0.3) is 0 Å². The fraction of sp³-hybridized carbons (Fsp3) is 0.680. The second-order valence-electron chi connectivity index (χ2n) is 9.07. The quantitative estimate of drug-likeness (QED) is 0.321. The van der Waals surface area contributed by atoms with Crippen molar-refractivity contribution in [1.29, 1.82) is 0 Å². The van der Waals surface area contributed by atoms with Crippen LogP contribution >= 0.6 is 0 Å². The van der Waals surface area contributed by atoms with Crippen LogP contribution in [0.3, 0.4) is 0 Å². The van der Waals surface area contributed by atoms with E-state index in [0.717, 1.165) is 42.1 Å². The van der Waals surface area contributed by atoms with Crippen LogP contribution < -0.4 is 0 Å². The van der Waals surface area contributed by atoms with Crippen molar-refractivity contribution in [2.75, 3.05) is 0 Å². The van der Waals surface area contributed by atoms with Crippen LogP contribution in [0.2, 0.25) is 0 Å². The molecule has 150 valence electrons. The molecule has 0 amide bonds. The van der Waals surface area contributed by atoms with E-state index in [1.54, 1.807) is 6.07 Å². The molecule has 0 bridgehead atoms. The first-order valence-electron chi connectivity index (χ1n) is 11.2. The number of benzene rings is 1. The standard InChI is InChI=1S/C25H36F2/c1-2-3-4-5-19-8-13-22(14-9-19)23-15-10-20(11-16-23)6-7-21-12-17-24(26)25(27)18-21/h2,12,17-20,22-23H,1,3-11,13-16H2/t19-,20?,22-,23?.